The molecule has 1 atom stereocenters. The van der Waals surface area contributed by atoms with Crippen LogP contribution in [0.1, 0.15) is 21.3 Å². The summed E-state index contributed by atoms with van der Waals surface area (Å²) in [5.74, 6) is 1.86. The molecule has 0 N–H and O–H groups in total. The summed E-state index contributed by atoms with van der Waals surface area (Å²) < 4.78 is 5.24. The lowest BCUT2D eigenvalue weighted by molar-refractivity contribution is 0.0760. The van der Waals surface area contributed by atoms with Gasteiger partial charge in [-0.1, -0.05) is 54.6 Å². The summed E-state index contributed by atoms with van der Waals surface area (Å²) in [6.45, 7) is 0.765. The maximum atomic E-state index is 13.1. The minimum Gasteiger partial charge on any atom is -0.497 e. The highest BCUT2D eigenvalue weighted by atomic mass is 32.2. The summed E-state index contributed by atoms with van der Waals surface area (Å²) in [7, 11) is 1.66. The first-order valence-electron chi connectivity index (χ1n) is 8.98. The lowest BCUT2D eigenvalue weighted by Gasteiger charge is -2.24. The van der Waals surface area contributed by atoms with E-state index in [1.54, 1.807) is 18.9 Å². The van der Waals surface area contributed by atoms with Gasteiger partial charge in [0, 0.05) is 17.9 Å². The Morgan fingerprint density at radius 2 is 1.59 bits per heavy atom. The Balaban J connectivity index is 1.54. The Morgan fingerprint density at radius 1 is 0.926 bits per heavy atom. The number of benzene rings is 3. The van der Waals surface area contributed by atoms with E-state index in [1.165, 1.54) is 0 Å². The maximum Gasteiger partial charge on any atom is 0.255 e. The number of thioether (sulfide) groups is 1. The Hall–Kier alpha value is -2.72. The van der Waals surface area contributed by atoms with Crippen LogP contribution in [0.2, 0.25) is 0 Å². The molecule has 1 saturated heterocycles. The predicted octanol–water partition coefficient (Wildman–Crippen LogP) is 5.25. The molecule has 3 aromatic carbocycles. The van der Waals surface area contributed by atoms with Crippen LogP contribution >= 0.6 is 11.8 Å². The third-order valence-electron chi connectivity index (χ3n) is 4.79. The second-order valence-corrected chi connectivity index (χ2v) is 7.63. The summed E-state index contributed by atoms with van der Waals surface area (Å²) in [6, 6.07) is 26.1. The highest BCUT2D eigenvalue weighted by molar-refractivity contribution is 7.99. The van der Waals surface area contributed by atoms with Gasteiger partial charge in [0.05, 0.1) is 7.11 Å². The summed E-state index contributed by atoms with van der Waals surface area (Å²) >= 11 is 1.80. The molecule has 1 aliphatic rings. The van der Waals surface area contributed by atoms with Crippen molar-refractivity contribution in [3.8, 4) is 16.9 Å². The van der Waals surface area contributed by atoms with E-state index in [-0.39, 0.29) is 11.3 Å². The first-order valence-corrected chi connectivity index (χ1v) is 10.0. The summed E-state index contributed by atoms with van der Waals surface area (Å²) in [6.07, 6.45) is 0. The Kier molecular flexibility index (Phi) is 5.16. The maximum absolute atomic E-state index is 13.1. The number of ether oxygens (including phenoxy) is 1. The SMILES string of the molecule is COc1ccc(C2SCCN2C(=O)c2ccc(-c3ccccc3)cc2)cc1. The molecule has 1 aliphatic heterocycles. The van der Waals surface area contributed by atoms with Crippen molar-refractivity contribution in [3.05, 3.63) is 90.0 Å². The molecule has 0 aromatic heterocycles. The zero-order chi connectivity index (χ0) is 18.6. The van der Waals surface area contributed by atoms with Crippen LogP contribution in [0.15, 0.2) is 78.9 Å². The number of nitrogens with zero attached hydrogens (tertiary/aromatic N) is 1. The molecule has 1 fully saturated rings. The summed E-state index contributed by atoms with van der Waals surface area (Å²) in [4.78, 5) is 15.1. The Labute approximate surface area is 164 Å². The van der Waals surface area contributed by atoms with E-state index < -0.39 is 0 Å². The summed E-state index contributed by atoms with van der Waals surface area (Å²) in [5.41, 5.74) is 4.14. The Morgan fingerprint density at radius 3 is 2.26 bits per heavy atom. The molecule has 1 unspecified atom stereocenters. The minimum absolute atomic E-state index is 0.0530. The van der Waals surface area contributed by atoms with Crippen LogP contribution in [0, 0.1) is 0 Å². The van der Waals surface area contributed by atoms with Crippen molar-refractivity contribution in [2.45, 2.75) is 5.37 Å². The molecular weight excluding hydrogens is 354 g/mol. The van der Waals surface area contributed by atoms with Gasteiger partial charge in [-0.15, -0.1) is 11.8 Å². The van der Waals surface area contributed by atoms with E-state index in [0.717, 1.165) is 40.3 Å². The zero-order valence-electron chi connectivity index (χ0n) is 15.2. The zero-order valence-corrected chi connectivity index (χ0v) is 16.0. The van der Waals surface area contributed by atoms with Crippen LogP contribution in [0.25, 0.3) is 11.1 Å². The standard InChI is InChI=1S/C23H21NO2S/c1-26-21-13-11-20(12-14-21)23-24(15-16-27-23)22(25)19-9-7-18(8-10-19)17-5-3-2-4-6-17/h2-14,23H,15-16H2,1H3. The van der Waals surface area contributed by atoms with Gasteiger partial charge in [-0.2, -0.15) is 0 Å². The number of methoxy groups -OCH3 is 1. The van der Waals surface area contributed by atoms with E-state index in [4.69, 9.17) is 4.74 Å². The van der Waals surface area contributed by atoms with Crippen LogP contribution in [0.3, 0.4) is 0 Å². The predicted molar refractivity (Wildman–Crippen MR) is 111 cm³/mol. The molecular formula is C23H21NO2S. The fraction of sp³-hybridized carbons (Fsp3) is 0.174. The second kappa shape index (κ2) is 7.89. The van der Waals surface area contributed by atoms with Crippen molar-refractivity contribution < 1.29 is 9.53 Å². The van der Waals surface area contributed by atoms with Gasteiger partial charge in [0.15, 0.2) is 0 Å². The van der Waals surface area contributed by atoms with E-state index in [2.05, 4.69) is 12.1 Å². The monoisotopic (exact) mass is 375 g/mol. The van der Waals surface area contributed by atoms with Crippen molar-refractivity contribution in [2.75, 3.05) is 19.4 Å². The smallest absolute Gasteiger partial charge is 0.255 e. The van der Waals surface area contributed by atoms with Crippen LogP contribution in [0.5, 0.6) is 5.75 Å². The van der Waals surface area contributed by atoms with Gasteiger partial charge in [0.1, 0.15) is 11.1 Å². The van der Waals surface area contributed by atoms with E-state index >= 15 is 0 Å². The van der Waals surface area contributed by atoms with Crippen molar-refractivity contribution >= 4 is 17.7 Å². The highest BCUT2D eigenvalue weighted by Gasteiger charge is 2.31. The number of hydrogen-bond donors (Lipinski definition) is 0. The summed E-state index contributed by atoms with van der Waals surface area (Å²) in [5, 5.41) is 0.0530. The van der Waals surface area contributed by atoms with Crippen LogP contribution in [-0.2, 0) is 0 Å². The number of carbonyl (C=O) groups is 1. The van der Waals surface area contributed by atoms with Crippen LogP contribution in [0.4, 0.5) is 0 Å². The molecule has 3 nitrogen and oxygen atoms in total. The van der Waals surface area contributed by atoms with Crippen molar-refractivity contribution in [2.24, 2.45) is 0 Å². The van der Waals surface area contributed by atoms with Crippen molar-refractivity contribution in [3.63, 3.8) is 0 Å². The third kappa shape index (κ3) is 3.71. The third-order valence-corrected chi connectivity index (χ3v) is 6.05. The van der Waals surface area contributed by atoms with Crippen molar-refractivity contribution in [1.82, 2.24) is 4.90 Å². The number of amides is 1. The molecule has 4 rings (SSSR count). The molecule has 1 amide bonds. The number of hydrogen-bond acceptors (Lipinski definition) is 3. The largest absolute Gasteiger partial charge is 0.497 e. The quantitative estimate of drug-likeness (QED) is 0.624. The second-order valence-electron chi connectivity index (χ2n) is 6.44. The number of carbonyl (C=O) groups excluding carboxylic acids is 1. The molecule has 0 aliphatic carbocycles. The molecule has 0 spiro atoms. The molecule has 1 heterocycles. The van der Waals surface area contributed by atoms with Gasteiger partial charge in [0.2, 0.25) is 0 Å². The normalized spacial score (nSPS) is 16.3. The molecule has 4 heteroatoms. The molecule has 0 saturated carbocycles. The molecule has 3 aromatic rings. The highest BCUT2D eigenvalue weighted by Crippen LogP contribution is 2.39. The van der Waals surface area contributed by atoms with Gasteiger partial charge in [-0.25, -0.2) is 0 Å². The first kappa shape index (κ1) is 17.7. The molecule has 136 valence electrons. The van der Waals surface area contributed by atoms with Crippen molar-refractivity contribution in [1.29, 1.82) is 0 Å². The minimum atomic E-state index is 0.0530. The Bertz CT molecular complexity index is 907. The van der Waals surface area contributed by atoms with Gasteiger partial charge in [-0.05, 0) is 41.0 Å². The average molecular weight is 375 g/mol. The van der Waals surface area contributed by atoms with E-state index in [1.807, 2.05) is 71.6 Å². The topological polar surface area (TPSA) is 29.5 Å². The fourth-order valence-electron chi connectivity index (χ4n) is 3.32. The fourth-order valence-corrected chi connectivity index (χ4v) is 4.58. The van der Waals surface area contributed by atoms with Gasteiger partial charge in [-0.3, -0.25) is 4.79 Å². The number of rotatable bonds is 4. The first-order chi connectivity index (χ1) is 13.3. The lowest BCUT2D eigenvalue weighted by Crippen LogP contribution is -2.30. The molecule has 0 radical (unpaired) electrons. The average Bonchev–Trinajstić information content (AvgIpc) is 3.24. The van der Waals surface area contributed by atoms with E-state index in [9.17, 15) is 4.79 Å². The van der Waals surface area contributed by atoms with Crippen LogP contribution in [-0.4, -0.2) is 30.2 Å². The molecule has 0 bridgehead atoms. The lowest BCUT2D eigenvalue weighted by atomic mass is 10.0. The van der Waals surface area contributed by atoms with Crippen LogP contribution < -0.4 is 4.74 Å². The van der Waals surface area contributed by atoms with Gasteiger partial charge >= 0.3 is 0 Å². The molecule has 27 heavy (non-hydrogen) atoms. The van der Waals surface area contributed by atoms with Gasteiger partial charge < -0.3 is 9.64 Å². The van der Waals surface area contributed by atoms with E-state index in [0.29, 0.717) is 0 Å². The van der Waals surface area contributed by atoms with Gasteiger partial charge in [0.25, 0.3) is 5.91 Å².